The van der Waals surface area contributed by atoms with Gasteiger partial charge in [0, 0.05) is 6.04 Å². The fourth-order valence-electron chi connectivity index (χ4n) is 1.88. The molecule has 1 fully saturated rings. The van der Waals surface area contributed by atoms with Crippen molar-refractivity contribution in [3.63, 3.8) is 0 Å². The van der Waals surface area contributed by atoms with Crippen LogP contribution in [0, 0.1) is 0 Å². The molecule has 0 aliphatic heterocycles. The summed E-state index contributed by atoms with van der Waals surface area (Å²) >= 11 is 0. The Labute approximate surface area is 108 Å². The Morgan fingerprint density at radius 2 is 1.89 bits per heavy atom. The highest BCUT2D eigenvalue weighted by Crippen LogP contribution is 2.23. The molecule has 1 aliphatic carbocycles. The molecule has 1 saturated carbocycles. The van der Waals surface area contributed by atoms with Crippen molar-refractivity contribution in [1.29, 1.82) is 0 Å². The summed E-state index contributed by atoms with van der Waals surface area (Å²) in [6.45, 7) is 5.37. The molecule has 1 N–H and O–H groups in total. The third-order valence-corrected chi connectivity index (χ3v) is 3.04. The van der Waals surface area contributed by atoms with Crippen LogP contribution in [0.3, 0.4) is 0 Å². The Balaban J connectivity index is 2.37. The van der Waals surface area contributed by atoms with Crippen LogP contribution in [0.4, 0.5) is 4.79 Å². The predicted molar refractivity (Wildman–Crippen MR) is 66.7 cm³/mol. The molecule has 0 aromatic rings. The van der Waals surface area contributed by atoms with E-state index >= 15 is 0 Å². The van der Waals surface area contributed by atoms with E-state index in [2.05, 4.69) is 5.32 Å². The van der Waals surface area contributed by atoms with E-state index in [4.69, 9.17) is 8.92 Å². The van der Waals surface area contributed by atoms with E-state index < -0.39 is 21.8 Å². The van der Waals surface area contributed by atoms with Crippen molar-refractivity contribution >= 4 is 16.2 Å². The number of amides is 1. The topological polar surface area (TPSA) is 81.7 Å². The summed E-state index contributed by atoms with van der Waals surface area (Å²) in [5.74, 6) is 0. The van der Waals surface area contributed by atoms with Crippen molar-refractivity contribution < 1.29 is 22.1 Å². The minimum atomic E-state index is -3.43. The van der Waals surface area contributed by atoms with Crippen molar-refractivity contribution in [2.24, 2.45) is 0 Å². The van der Waals surface area contributed by atoms with Gasteiger partial charge in [-0.25, -0.2) is 4.79 Å². The molecule has 0 aromatic carbocycles. The zero-order valence-electron chi connectivity index (χ0n) is 11.2. The maximum absolute atomic E-state index is 11.5. The van der Waals surface area contributed by atoms with E-state index in [-0.39, 0.29) is 12.1 Å². The molecular weight excluding hydrogens is 258 g/mol. The van der Waals surface area contributed by atoms with Gasteiger partial charge >= 0.3 is 6.09 Å². The normalized spacial score (nSPS) is 24.9. The predicted octanol–water partition coefficient (Wildman–Crippen LogP) is 1.41. The lowest BCUT2D eigenvalue weighted by atomic mass is 10.2. The van der Waals surface area contributed by atoms with Gasteiger partial charge in [-0.2, -0.15) is 8.42 Å². The number of carbonyl (C=O) groups is 1. The summed E-state index contributed by atoms with van der Waals surface area (Å²) in [6, 6.07) is -0.0911. The average molecular weight is 279 g/mol. The Morgan fingerprint density at radius 3 is 2.39 bits per heavy atom. The van der Waals surface area contributed by atoms with Crippen molar-refractivity contribution in [2.45, 2.75) is 57.8 Å². The van der Waals surface area contributed by atoms with Gasteiger partial charge in [0.15, 0.2) is 0 Å². The summed E-state index contributed by atoms with van der Waals surface area (Å²) in [4.78, 5) is 11.5. The van der Waals surface area contributed by atoms with Crippen molar-refractivity contribution in [3.8, 4) is 0 Å². The van der Waals surface area contributed by atoms with E-state index in [9.17, 15) is 13.2 Å². The maximum Gasteiger partial charge on any atom is 0.407 e. The van der Waals surface area contributed by atoms with Crippen LogP contribution in [-0.4, -0.2) is 38.5 Å². The highest BCUT2D eigenvalue weighted by atomic mass is 32.2. The van der Waals surface area contributed by atoms with Gasteiger partial charge in [0.1, 0.15) is 5.60 Å². The first-order chi connectivity index (χ1) is 8.05. The number of hydrogen-bond acceptors (Lipinski definition) is 5. The van der Waals surface area contributed by atoms with Crippen LogP contribution in [0.2, 0.25) is 0 Å². The first kappa shape index (κ1) is 15.2. The summed E-state index contributed by atoms with van der Waals surface area (Å²) in [5.41, 5.74) is -0.536. The number of ether oxygens (including phenoxy) is 1. The minimum absolute atomic E-state index is 0.0911. The molecule has 0 radical (unpaired) electrons. The molecule has 0 aromatic heterocycles. The molecule has 2 atom stereocenters. The fraction of sp³-hybridized carbons (Fsp3) is 0.909. The molecule has 0 heterocycles. The van der Waals surface area contributed by atoms with E-state index in [1.807, 2.05) is 0 Å². The van der Waals surface area contributed by atoms with Gasteiger partial charge in [0.05, 0.1) is 12.4 Å². The van der Waals surface area contributed by atoms with Gasteiger partial charge < -0.3 is 10.1 Å². The Kier molecular flexibility index (Phi) is 4.61. The lowest BCUT2D eigenvalue weighted by molar-refractivity contribution is 0.0503. The monoisotopic (exact) mass is 279 g/mol. The van der Waals surface area contributed by atoms with Crippen LogP contribution in [0.5, 0.6) is 0 Å². The van der Waals surface area contributed by atoms with Gasteiger partial charge in [0.25, 0.3) is 10.1 Å². The first-order valence-electron chi connectivity index (χ1n) is 5.93. The molecule has 6 nitrogen and oxygen atoms in total. The number of carbonyl (C=O) groups excluding carboxylic acids is 1. The van der Waals surface area contributed by atoms with Gasteiger partial charge in [0.2, 0.25) is 0 Å². The van der Waals surface area contributed by atoms with Crippen LogP contribution in [0.1, 0.15) is 40.0 Å². The van der Waals surface area contributed by atoms with Crippen LogP contribution < -0.4 is 5.32 Å². The zero-order valence-corrected chi connectivity index (χ0v) is 12.0. The molecule has 0 bridgehead atoms. The molecule has 1 aliphatic rings. The van der Waals surface area contributed by atoms with Crippen LogP contribution in [0.25, 0.3) is 0 Å². The summed E-state index contributed by atoms with van der Waals surface area (Å²) in [5, 5.41) is 2.72. The standard InChI is InChI=1S/C11H21NO5S/c1-11(2,3)16-10(13)12-8-5-6-9(7-8)17-18(4,14)15/h8-9H,5-7H2,1-4H3,(H,12,13). The number of nitrogens with one attached hydrogen (secondary N) is 1. The molecule has 7 heteroatoms. The van der Waals surface area contributed by atoms with E-state index in [0.29, 0.717) is 19.3 Å². The quantitative estimate of drug-likeness (QED) is 0.790. The van der Waals surface area contributed by atoms with Gasteiger partial charge in [-0.1, -0.05) is 0 Å². The third-order valence-electron chi connectivity index (χ3n) is 2.42. The SMILES string of the molecule is CC(C)(C)OC(=O)NC1CCC(OS(C)(=O)=O)C1. The van der Waals surface area contributed by atoms with Gasteiger partial charge in [-0.05, 0) is 40.0 Å². The Hall–Kier alpha value is -0.820. The second-order valence-electron chi connectivity index (χ2n) is 5.58. The Bertz CT molecular complexity index is 398. The minimum Gasteiger partial charge on any atom is -0.444 e. The molecule has 18 heavy (non-hydrogen) atoms. The fourth-order valence-corrected chi connectivity index (χ4v) is 2.55. The van der Waals surface area contributed by atoms with E-state index in [1.165, 1.54) is 0 Å². The summed E-state index contributed by atoms with van der Waals surface area (Å²) in [6.07, 6.45) is 2.01. The molecule has 0 saturated heterocycles. The van der Waals surface area contributed by atoms with Crippen LogP contribution in [-0.2, 0) is 19.0 Å². The first-order valence-corrected chi connectivity index (χ1v) is 7.74. The number of hydrogen-bond donors (Lipinski definition) is 1. The Morgan fingerprint density at radius 1 is 1.28 bits per heavy atom. The molecule has 0 spiro atoms. The van der Waals surface area contributed by atoms with Crippen molar-refractivity contribution in [2.75, 3.05) is 6.26 Å². The second kappa shape index (κ2) is 5.44. The smallest absolute Gasteiger partial charge is 0.407 e. The highest BCUT2D eigenvalue weighted by Gasteiger charge is 2.30. The zero-order chi connectivity index (χ0) is 14.0. The van der Waals surface area contributed by atoms with Crippen LogP contribution >= 0.6 is 0 Å². The third kappa shape index (κ3) is 6.20. The largest absolute Gasteiger partial charge is 0.444 e. The van der Waals surface area contributed by atoms with Crippen LogP contribution in [0.15, 0.2) is 0 Å². The second-order valence-corrected chi connectivity index (χ2v) is 7.18. The van der Waals surface area contributed by atoms with Crippen molar-refractivity contribution in [3.05, 3.63) is 0 Å². The summed E-state index contributed by atoms with van der Waals surface area (Å²) < 4.78 is 32.0. The molecular formula is C11H21NO5S. The lowest BCUT2D eigenvalue weighted by Gasteiger charge is -2.21. The maximum atomic E-state index is 11.5. The number of alkyl carbamates (subject to hydrolysis) is 1. The highest BCUT2D eigenvalue weighted by molar-refractivity contribution is 7.86. The number of rotatable bonds is 3. The molecule has 2 unspecified atom stereocenters. The molecule has 106 valence electrons. The van der Waals surface area contributed by atoms with Gasteiger partial charge in [-0.3, -0.25) is 4.18 Å². The van der Waals surface area contributed by atoms with Gasteiger partial charge in [-0.15, -0.1) is 0 Å². The van der Waals surface area contributed by atoms with Crippen molar-refractivity contribution in [1.82, 2.24) is 5.32 Å². The summed E-state index contributed by atoms with van der Waals surface area (Å²) in [7, 11) is -3.43. The molecule has 1 rings (SSSR count). The molecule has 1 amide bonds. The van der Waals surface area contributed by atoms with E-state index in [0.717, 1.165) is 6.26 Å². The lowest BCUT2D eigenvalue weighted by Crippen LogP contribution is -2.38. The van der Waals surface area contributed by atoms with E-state index in [1.54, 1.807) is 20.8 Å². The average Bonchev–Trinajstić information content (AvgIpc) is 2.44.